The van der Waals surface area contributed by atoms with Crippen molar-refractivity contribution in [3.8, 4) is 5.75 Å². The second kappa shape index (κ2) is 6.29. The van der Waals surface area contributed by atoms with Crippen LogP contribution < -0.4 is 4.74 Å². The molecule has 0 bridgehead atoms. The van der Waals surface area contributed by atoms with E-state index in [-0.39, 0.29) is 12.1 Å². The molecule has 3 heterocycles. The van der Waals surface area contributed by atoms with E-state index in [0.717, 1.165) is 41.6 Å². The van der Waals surface area contributed by atoms with Gasteiger partial charge in [-0.05, 0) is 56.0 Å². The van der Waals surface area contributed by atoms with Crippen LogP contribution in [0.25, 0.3) is 0 Å². The molecule has 25 heavy (non-hydrogen) atoms. The fraction of sp³-hybridized carbons (Fsp3) is 0.579. The molecule has 2 fully saturated rings. The quantitative estimate of drug-likeness (QED) is 0.808. The Balaban J connectivity index is 1.35. The Morgan fingerprint density at radius 1 is 1.04 bits per heavy atom. The van der Waals surface area contributed by atoms with E-state index in [2.05, 4.69) is 15.1 Å². The molecule has 1 aromatic heterocycles. The van der Waals surface area contributed by atoms with E-state index in [9.17, 15) is 0 Å². The van der Waals surface area contributed by atoms with E-state index in [4.69, 9.17) is 20.8 Å². The van der Waals surface area contributed by atoms with Crippen LogP contribution in [-0.4, -0.2) is 27.7 Å². The minimum atomic E-state index is -0.199. The van der Waals surface area contributed by atoms with Crippen molar-refractivity contribution in [3.63, 3.8) is 0 Å². The fourth-order valence-corrected chi connectivity index (χ4v) is 4.44. The highest BCUT2D eigenvalue weighted by Crippen LogP contribution is 2.40. The summed E-state index contributed by atoms with van der Waals surface area (Å²) in [6, 6.07) is 6.69. The van der Waals surface area contributed by atoms with Gasteiger partial charge in [-0.25, -0.2) is 0 Å². The van der Waals surface area contributed by atoms with Crippen LogP contribution in [0.3, 0.4) is 0 Å². The average Bonchev–Trinajstić information content (AvgIpc) is 3.19. The van der Waals surface area contributed by atoms with Crippen LogP contribution >= 0.6 is 11.6 Å². The lowest BCUT2D eigenvalue weighted by molar-refractivity contribution is 0.0365. The largest absolute Gasteiger partial charge is 0.480 e. The van der Waals surface area contributed by atoms with E-state index < -0.39 is 0 Å². The predicted octanol–water partition coefficient (Wildman–Crippen LogP) is 4.48. The topological polar surface area (TPSA) is 51.4 Å². The van der Waals surface area contributed by atoms with Crippen molar-refractivity contribution in [2.75, 3.05) is 6.54 Å². The Morgan fingerprint density at radius 2 is 1.92 bits per heavy atom. The van der Waals surface area contributed by atoms with Crippen molar-refractivity contribution in [1.29, 1.82) is 0 Å². The normalized spacial score (nSPS) is 26.9. The minimum Gasteiger partial charge on any atom is -0.480 e. The van der Waals surface area contributed by atoms with Gasteiger partial charge in [0.15, 0.2) is 6.10 Å². The zero-order chi connectivity index (χ0) is 16.8. The van der Waals surface area contributed by atoms with Gasteiger partial charge >= 0.3 is 0 Å². The zero-order valence-corrected chi connectivity index (χ0v) is 14.9. The van der Waals surface area contributed by atoms with Crippen LogP contribution in [-0.2, 0) is 6.42 Å². The lowest BCUT2D eigenvalue weighted by Gasteiger charge is -2.43. The van der Waals surface area contributed by atoms with Crippen LogP contribution in [0.1, 0.15) is 68.0 Å². The van der Waals surface area contributed by atoms with E-state index >= 15 is 0 Å². The van der Waals surface area contributed by atoms with Gasteiger partial charge in [0.2, 0.25) is 5.89 Å². The third-order valence-corrected chi connectivity index (χ3v) is 6.04. The third-order valence-electron chi connectivity index (χ3n) is 5.80. The van der Waals surface area contributed by atoms with Crippen molar-refractivity contribution >= 4 is 11.6 Å². The molecule has 0 radical (unpaired) electrons. The van der Waals surface area contributed by atoms with Gasteiger partial charge in [-0.1, -0.05) is 24.4 Å². The Kier molecular flexibility index (Phi) is 3.94. The second-order valence-electron chi connectivity index (χ2n) is 7.38. The Bertz CT molecular complexity index is 774. The van der Waals surface area contributed by atoms with Crippen LogP contribution in [0.15, 0.2) is 22.6 Å². The molecular formula is C19H22ClN3O2. The van der Waals surface area contributed by atoms with Crippen LogP contribution in [0.4, 0.5) is 0 Å². The summed E-state index contributed by atoms with van der Waals surface area (Å²) in [6.07, 6.45) is 8.10. The van der Waals surface area contributed by atoms with E-state index in [0.29, 0.717) is 11.9 Å². The van der Waals surface area contributed by atoms with Crippen LogP contribution in [0.2, 0.25) is 5.02 Å². The van der Waals surface area contributed by atoms with Crippen molar-refractivity contribution in [2.45, 2.75) is 63.1 Å². The van der Waals surface area contributed by atoms with Gasteiger partial charge in [-0.3, -0.25) is 4.90 Å². The molecule has 0 N–H and O–H groups in total. The summed E-state index contributed by atoms with van der Waals surface area (Å²) >= 11 is 6.08. The first-order chi connectivity index (χ1) is 12.3. The monoisotopic (exact) mass is 359 g/mol. The molecule has 0 amide bonds. The number of ether oxygens (including phenoxy) is 1. The smallest absolute Gasteiger partial charge is 0.257 e. The fourth-order valence-electron chi connectivity index (χ4n) is 4.24. The highest BCUT2D eigenvalue weighted by molar-refractivity contribution is 6.30. The van der Waals surface area contributed by atoms with E-state index in [1.54, 1.807) is 0 Å². The molecule has 6 heteroatoms. The number of benzene rings is 1. The number of nitrogens with zero attached hydrogens (tertiary/aromatic N) is 3. The minimum absolute atomic E-state index is 0.199. The highest BCUT2D eigenvalue weighted by atomic mass is 35.5. The molecule has 1 aromatic carbocycles. The summed E-state index contributed by atoms with van der Waals surface area (Å²) in [6.45, 7) is 1.15. The van der Waals surface area contributed by atoms with E-state index in [1.807, 2.05) is 18.2 Å². The zero-order valence-electron chi connectivity index (χ0n) is 14.2. The highest BCUT2D eigenvalue weighted by Gasteiger charge is 2.37. The summed E-state index contributed by atoms with van der Waals surface area (Å²) < 4.78 is 12.1. The van der Waals surface area contributed by atoms with Gasteiger partial charge in [0, 0.05) is 17.5 Å². The first kappa shape index (κ1) is 15.6. The SMILES string of the molecule is Clc1ccc2c(c1)CC(c1nnc(C3CCCCN3C3CCC3)o1)O2. The Hall–Kier alpha value is -1.59. The molecule has 1 saturated heterocycles. The van der Waals surface area contributed by atoms with Gasteiger partial charge in [0.25, 0.3) is 5.89 Å². The summed E-state index contributed by atoms with van der Waals surface area (Å²) in [5, 5.41) is 9.44. The Labute approximate surface area is 152 Å². The second-order valence-corrected chi connectivity index (χ2v) is 7.81. The maximum absolute atomic E-state index is 6.10. The van der Waals surface area contributed by atoms with Gasteiger partial charge in [0.1, 0.15) is 5.75 Å². The van der Waals surface area contributed by atoms with Crippen LogP contribution in [0.5, 0.6) is 5.75 Å². The molecular weight excluding hydrogens is 338 g/mol. The number of hydrogen-bond donors (Lipinski definition) is 0. The first-order valence-electron chi connectivity index (χ1n) is 9.32. The first-order valence-corrected chi connectivity index (χ1v) is 9.70. The molecule has 3 aliphatic rings. The van der Waals surface area contributed by atoms with Crippen molar-refractivity contribution in [3.05, 3.63) is 40.6 Å². The average molecular weight is 360 g/mol. The molecule has 1 aliphatic carbocycles. The van der Waals surface area contributed by atoms with Gasteiger partial charge in [0.05, 0.1) is 6.04 Å². The maximum Gasteiger partial charge on any atom is 0.257 e. The van der Waals surface area contributed by atoms with Gasteiger partial charge in [-0.15, -0.1) is 10.2 Å². The standard InChI is InChI=1S/C19H22ClN3O2/c20-13-7-8-16-12(10-13)11-17(24-16)19-22-21-18(25-19)15-6-1-2-9-23(15)14-4-3-5-14/h7-8,10,14-15,17H,1-6,9,11H2. The lowest BCUT2D eigenvalue weighted by atomic mass is 9.87. The third kappa shape index (κ3) is 2.83. The number of likely N-dealkylation sites (tertiary alicyclic amines) is 1. The lowest BCUT2D eigenvalue weighted by Crippen LogP contribution is -2.45. The molecule has 132 valence electrons. The Morgan fingerprint density at radius 3 is 2.76 bits per heavy atom. The van der Waals surface area contributed by atoms with Crippen LogP contribution in [0, 0.1) is 0 Å². The van der Waals surface area contributed by atoms with Crippen molar-refractivity contribution in [2.24, 2.45) is 0 Å². The molecule has 5 rings (SSSR count). The van der Waals surface area contributed by atoms with Gasteiger partial charge in [-0.2, -0.15) is 0 Å². The predicted molar refractivity (Wildman–Crippen MR) is 93.8 cm³/mol. The summed E-state index contributed by atoms with van der Waals surface area (Å²) in [5.41, 5.74) is 1.10. The molecule has 1 saturated carbocycles. The molecule has 5 nitrogen and oxygen atoms in total. The number of piperidine rings is 1. The maximum atomic E-state index is 6.10. The number of rotatable bonds is 3. The molecule has 2 aliphatic heterocycles. The van der Waals surface area contributed by atoms with Crippen molar-refractivity contribution < 1.29 is 9.15 Å². The number of hydrogen-bond acceptors (Lipinski definition) is 5. The van der Waals surface area contributed by atoms with E-state index in [1.165, 1.54) is 32.1 Å². The molecule has 2 unspecified atom stereocenters. The molecule has 2 aromatic rings. The number of fused-ring (bicyclic) bond motifs is 1. The summed E-state index contributed by atoms with van der Waals surface area (Å²) in [5.74, 6) is 2.21. The summed E-state index contributed by atoms with van der Waals surface area (Å²) in [4.78, 5) is 2.59. The number of halogens is 1. The number of aromatic nitrogens is 2. The van der Waals surface area contributed by atoms with Gasteiger partial charge < -0.3 is 9.15 Å². The molecule has 0 spiro atoms. The summed E-state index contributed by atoms with van der Waals surface area (Å²) in [7, 11) is 0. The van der Waals surface area contributed by atoms with Crippen molar-refractivity contribution in [1.82, 2.24) is 15.1 Å². The molecule has 2 atom stereocenters.